The number of aliphatic carboxylic acids is 1. The van der Waals surface area contributed by atoms with Gasteiger partial charge in [-0.2, -0.15) is 0 Å². The highest BCUT2D eigenvalue weighted by Crippen LogP contribution is 2.01. The predicted octanol–water partition coefficient (Wildman–Crippen LogP) is -1.42. The van der Waals surface area contributed by atoms with Crippen molar-refractivity contribution in [2.45, 2.75) is 12.5 Å². The van der Waals surface area contributed by atoms with Crippen LogP contribution in [0.4, 0.5) is 0 Å². The van der Waals surface area contributed by atoms with Crippen LogP contribution in [0.5, 0.6) is 0 Å². The van der Waals surface area contributed by atoms with Crippen molar-refractivity contribution in [1.82, 2.24) is 0 Å². The molecule has 116 valence electrons. The first-order valence-corrected chi connectivity index (χ1v) is 6.68. The molecule has 6 heteroatoms. The van der Waals surface area contributed by atoms with E-state index in [1.165, 1.54) is 0 Å². The number of hydrogen-bond donors (Lipinski definition) is 2. The fourth-order valence-electron chi connectivity index (χ4n) is 1.21. The Hall–Kier alpha value is -0.810. The van der Waals surface area contributed by atoms with Crippen molar-refractivity contribution in [1.29, 1.82) is 0 Å². The highest BCUT2D eigenvalue weighted by molar-refractivity contribution is 6.17. The number of benzene rings is 1. The molecule has 0 bridgehead atoms. The number of carboxylic acid groups (broad SMARTS) is 1. The van der Waals surface area contributed by atoms with Crippen LogP contribution in [0.3, 0.4) is 0 Å². The van der Waals surface area contributed by atoms with Crippen LogP contribution >= 0.6 is 11.6 Å². The Bertz CT molecular complexity index is 367. The predicted molar refractivity (Wildman–Crippen MR) is 79.4 cm³/mol. The van der Waals surface area contributed by atoms with E-state index in [0.717, 1.165) is 22.5 Å². The van der Waals surface area contributed by atoms with Gasteiger partial charge in [-0.1, -0.05) is 30.3 Å². The lowest BCUT2D eigenvalue weighted by Gasteiger charge is -2.21. The third-order valence-electron chi connectivity index (χ3n) is 2.37. The van der Waals surface area contributed by atoms with Crippen LogP contribution in [-0.4, -0.2) is 55.2 Å². The fraction of sp³-hybridized carbons (Fsp3) is 0.500. The topological polar surface area (TPSA) is 63.3 Å². The Morgan fingerprint density at radius 3 is 2.10 bits per heavy atom. The molecule has 0 saturated carbocycles. The third-order valence-corrected chi connectivity index (χ3v) is 2.54. The Morgan fingerprint density at radius 2 is 1.80 bits per heavy atom. The van der Waals surface area contributed by atoms with E-state index in [-0.39, 0.29) is 12.4 Å². The number of nitrogens with two attached hydrogens (primary N) is 1. The van der Waals surface area contributed by atoms with Crippen LogP contribution < -0.4 is 18.1 Å². The lowest BCUT2D eigenvalue weighted by atomic mass is 10.1. The van der Waals surface area contributed by atoms with Gasteiger partial charge in [-0.05, 0) is 12.0 Å². The quantitative estimate of drug-likeness (QED) is 0.516. The maximum atomic E-state index is 10.4. The zero-order valence-corrected chi connectivity index (χ0v) is 13.7. The SMILES string of the molecule is C[N+](C)(C)CCCl.N[C@@H](Cc1ccccc1)C(=O)O.[Cl-]. The average molecular weight is 323 g/mol. The van der Waals surface area contributed by atoms with E-state index in [1.54, 1.807) is 0 Å². The first kappa shape index (κ1) is 21.5. The van der Waals surface area contributed by atoms with Crippen LogP contribution in [0.1, 0.15) is 5.56 Å². The van der Waals surface area contributed by atoms with Crippen molar-refractivity contribution in [3.8, 4) is 0 Å². The van der Waals surface area contributed by atoms with Gasteiger partial charge in [-0.25, -0.2) is 0 Å². The smallest absolute Gasteiger partial charge is 0.320 e. The summed E-state index contributed by atoms with van der Waals surface area (Å²) in [5.74, 6) is -0.206. The molecule has 1 atom stereocenters. The molecule has 0 spiro atoms. The molecule has 0 unspecified atom stereocenters. The molecule has 1 aromatic carbocycles. The number of carbonyl (C=O) groups is 1. The monoisotopic (exact) mass is 322 g/mol. The summed E-state index contributed by atoms with van der Waals surface area (Å²) in [5, 5.41) is 8.52. The van der Waals surface area contributed by atoms with E-state index in [9.17, 15) is 4.79 Å². The Kier molecular flexibility index (Phi) is 11.7. The molecule has 0 amide bonds. The second kappa shape index (κ2) is 10.9. The third kappa shape index (κ3) is 12.2. The zero-order chi connectivity index (χ0) is 14.9. The lowest BCUT2D eigenvalue weighted by molar-refractivity contribution is -0.867. The number of alkyl halides is 1. The highest BCUT2D eigenvalue weighted by atomic mass is 35.5. The van der Waals surface area contributed by atoms with Gasteiger partial charge < -0.3 is 27.7 Å². The van der Waals surface area contributed by atoms with Crippen molar-refractivity contribution in [2.24, 2.45) is 5.73 Å². The molecule has 0 aliphatic carbocycles. The second-order valence-electron chi connectivity index (χ2n) is 5.34. The summed E-state index contributed by atoms with van der Waals surface area (Å²) in [6, 6.07) is 8.54. The molecule has 3 N–H and O–H groups in total. The standard InChI is InChI=1S/C9H11NO2.C5H13ClN.ClH/c10-8(9(11)12)6-7-4-2-1-3-5-7;1-7(2,3)5-4-6;/h1-5,8H,6,10H2,(H,11,12);4-5H2,1-3H3;1H/q;+1;/p-1/t8-;;/m0../s1. The maximum Gasteiger partial charge on any atom is 0.320 e. The molecule has 1 aromatic rings. The molecule has 0 aromatic heterocycles. The van der Waals surface area contributed by atoms with E-state index in [0.29, 0.717) is 6.42 Å². The number of carboxylic acids is 1. The molecule has 4 nitrogen and oxygen atoms in total. The van der Waals surface area contributed by atoms with E-state index in [1.807, 2.05) is 30.3 Å². The van der Waals surface area contributed by atoms with E-state index < -0.39 is 12.0 Å². The molecule has 0 aliphatic heterocycles. The minimum Gasteiger partial charge on any atom is -1.00 e. The molecule has 1 rings (SSSR count). The zero-order valence-electron chi connectivity index (χ0n) is 12.2. The first-order chi connectivity index (χ1) is 8.76. The van der Waals surface area contributed by atoms with Crippen LogP contribution in [0.15, 0.2) is 30.3 Å². The maximum absolute atomic E-state index is 10.4. The van der Waals surface area contributed by atoms with Crippen LogP contribution in [0, 0.1) is 0 Å². The van der Waals surface area contributed by atoms with Gasteiger partial charge in [-0.3, -0.25) is 4.79 Å². The molecule has 0 radical (unpaired) electrons. The van der Waals surface area contributed by atoms with Gasteiger partial charge in [0.1, 0.15) is 6.04 Å². The second-order valence-corrected chi connectivity index (χ2v) is 5.72. The van der Waals surface area contributed by atoms with Gasteiger partial charge >= 0.3 is 5.97 Å². The van der Waals surface area contributed by atoms with E-state index in [2.05, 4.69) is 21.1 Å². The van der Waals surface area contributed by atoms with Gasteiger partial charge in [-0.15, -0.1) is 11.6 Å². The molecule has 20 heavy (non-hydrogen) atoms. The number of nitrogens with zero attached hydrogens (tertiary/aromatic N) is 1. The number of halogens is 2. The van der Waals surface area contributed by atoms with Gasteiger partial charge in [0.2, 0.25) is 0 Å². The van der Waals surface area contributed by atoms with Crippen LogP contribution in [-0.2, 0) is 11.2 Å². The molecule has 0 heterocycles. The average Bonchev–Trinajstić information content (AvgIpc) is 2.29. The Morgan fingerprint density at radius 1 is 1.30 bits per heavy atom. The van der Waals surface area contributed by atoms with Crippen molar-refractivity contribution in [2.75, 3.05) is 33.6 Å². The number of quaternary nitrogens is 1. The Balaban J connectivity index is 0. The van der Waals surface area contributed by atoms with E-state index >= 15 is 0 Å². The Labute approximate surface area is 132 Å². The largest absolute Gasteiger partial charge is 1.00 e. The molecule has 0 fully saturated rings. The molecular formula is C14H24Cl2N2O2. The van der Waals surface area contributed by atoms with E-state index in [4.69, 9.17) is 22.4 Å². The van der Waals surface area contributed by atoms with Gasteiger partial charge in [0, 0.05) is 0 Å². The highest BCUT2D eigenvalue weighted by Gasteiger charge is 2.10. The van der Waals surface area contributed by atoms with Gasteiger partial charge in [0.05, 0.1) is 33.6 Å². The lowest BCUT2D eigenvalue weighted by Crippen LogP contribution is -3.00. The van der Waals surface area contributed by atoms with Crippen molar-refractivity contribution < 1.29 is 26.8 Å². The number of rotatable bonds is 5. The van der Waals surface area contributed by atoms with Gasteiger partial charge in [0.15, 0.2) is 0 Å². The number of hydrogen-bond acceptors (Lipinski definition) is 2. The summed E-state index contributed by atoms with van der Waals surface area (Å²) in [7, 11) is 6.38. The summed E-state index contributed by atoms with van der Waals surface area (Å²) >= 11 is 5.47. The molecule has 0 saturated heterocycles. The summed E-state index contributed by atoms with van der Waals surface area (Å²) in [6.07, 6.45) is 0.385. The van der Waals surface area contributed by atoms with Crippen LogP contribution in [0.25, 0.3) is 0 Å². The molecule has 0 aliphatic rings. The molecular weight excluding hydrogens is 299 g/mol. The van der Waals surface area contributed by atoms with Crippen molar-refractivity contribution in [3.05, 3.63) is 35.9 Å². The fourth-order valence-corrected chi connectivity index (χ4v) is 1.72. The van der Waals surface area contributed by atoms with Crippen LogP contribution in [0.2, 0.25) is 0 Å². The summed E-state index contributed by atoms with van der Waals surface area (Å²) in [6.45, 7) is 1.04. The van der Waals surface area contributed by atoms with Crippen molar-refractivity contribution >= 4 is 17.6 Å². The first-order valence-electron chi connectivity index (χ1n) is 6.15. The summed E-state index contributed by atoms with van der Waals surface area (Å²) in [5.41, 5.74) is 6.30. The van der Waals surface area contributed by atoms with Crippen molar-refractivity contribution in [3.63, 3.8) is 0 Å². The summed E-state index contributed by atoms with van der Waals surface area (Å²) in [4.78, 5) is 10.4. The minimum atomic E-state index is -0.959. The minimum absolute atomic E-state index is 0. The van der Waals surface area contributed by atoms with Gasteiger partial charge in [0.25, 0.3) is 0 Å². The summed E-state index contributed by atoms with van der Waals surface area (Å²) < 4.78 is 0.962. The normalized spacial score (nSPS) is 11.7.